The van der Waals surface area contributed by atoms with E-state index in [9.17, 15) is 18.4 Å². The number of carbonyl (C=O) groups is 2. The van der Waals surface area contributed by atoms with Gasteiger partial charge in [-0.05, 0) is 36.8 Å². The van der Waals surface area contributed by atoms with Crippen LogP contribution in [0.3, 0.4) is 0 Å². The maximum absolute atomic E-state index is 14.1. The predicted octanol–water partition coefficient (Wildman–Crippen LogP) is 4.67. The number of halogens is 2. The molecule has 1 heterocycles. The number of aryl methyl sites for hydroxylation is 1. The van der Waals surface area contributed by atoms with Crippen molar-refractivity contribution in [1.82, 2.24) is 4.90 Å². The van der Waals surface area contributed by atoms with Crippen LogP contribution in [0, 0.1) is 18.6 Å². The first kappa shape index (κ1) is 19.5. The van der Waals surface area contributed by atoms with Crippen LogP contribution in [-0.2, 0) is 16.1 Å². The lowest BCUT2D eigenvalue weighted by Gasteiger charge is -2.16. The number of hydrogen-bond donors (Lipinski definition) is 1. The lowest BCUT2D eigenvalue weighted by Crippen LogP contribution is -2.32. The van der Waals surface area contributed by atoms with E-state index in [-0.39, 0.29) is 23.4 Å². The predicted molar refractivity (Wildman–Crippen MR) is 110 cm³/mol. The van der Waals surface area contributed by atoms with E-state index >= 15 is 0 Å². The summed E-state index contributed by atoms with van der Waals surface area (Å²) in [6.07, 6.45) is 0. The van der Waals surface area contributed by atoms with Gasteiger partial charge in [-0.2, -0.15) is 0 Å². The number of imide groups is 1. The van der Waals surface area contributed by atoms with Crippen molar-refractivity contribution in [2.24, 2.45) is 0 Å². The molecule has 0 radical (unpaired) electrons. The molecule has 4 rings (SSSR count). The molecule has 2 amide bonds. The zero-order chi connectivity index (χ0) is 21.3. The molecule has 1 aliphatic rings. The zero-order valence-electron chi connectivity index (χ0n) is 16.2. The van der Waals surface area contributed by atoms with Crippen LogP contribution in [0.25, 0.3) is 5.57 Å². The molecule has 6 heteroatoms. The molecule has 0 spiro atoms. The van der Waals surface area contributed by atoms with Gasteiger partial charge in [-0.3, -0.25) is 14.5 Å². The average molecular weight is 404 g/mol. The van der Waals surface area contributed by atoms with E-state index in [2.05, 4.69) is 5.32 Å². The van der Waals surface area contributed by atoms with Gasteiger partial charge in [0.25, 0.3) is 11.8 Å². The lowest BCUT2D eigenvalue weighted by molar-refractivity contribution is -0.137. The van der Waals surface area contributed by atoms with Crippen LogP contribution in [0.2, 0.25) is 0 Å². The van der Waals surface area contributed by atoms with E-state index in [0.29, 0.717) is 11.3 Å². The van der Waals surface area contributed by atoms with Crippen molar-refractivity contribution in [3.63, 3.8) is 0 Å². The molecule has 0 bridgehead atoms. The number of amides is 2. The van der Waals surface area contributed by atoms with E-state index in [1.165, 1.54) is 30.3 Å². The first-order valence-corrected chi connectivity index (χ1v) is 9.37. The Labute approximate surface area is 172 Å². The standard InChI is InChI=1S/C24H18F2N2O2/c1-15-9-11-16(12-10-15)21-22(27-19-7-4-6-18(25)13-19)24(30)28(23(21)29)14-17-5-2-3-8-20(17)26/h2-13,27H,14H2,1H3. The molecular weight excluding hydrogens is 386 g/mol. The Morgan fingerprint density at radius 1 is 0.867 bits per heavy atom. The summed E-state index contributed by atoms with van der Waals surface area (Å²) in [7, 11) is 0. The minimum absolute atomic E-state index is 0.0331. The zero-order valence-corrected chi connectivity index (χ0v) is 16.2. The third-order valence-electron chi connectivity index (χ3n) is 4.89. The van der Waals surface area contributed by atoms with Crippen LogP contribution in [0.5, 0.6) is 0 Å². The van der Waals surface area contributed by atoms with Crippen molar-refractivity contribution in [2.45, 2.75) is 13.5 Å². The molecule has 0 fully saturated rings. The monoisotopic (exact) mass is 404 g/mol. The van der Waals surface area contributed by atoms with Crippen molar-refractivity contribution in [3.8, 4) is 0 Å². The van der Waals surface area contributed by atoms with E-state index < -0.39 is 23.4 Å². The molecule has 0 saturated carbocycles. The van der Waals surface area contributed by atoms with E-state index in [1.807, 2.05) is 19.1 Å². The fourth-order valence-electron chi connectivity index (χ4n) is 3.33. The number of nitrogens with zero attached hydrogens (tertiary/aromatic N) is 1. The van der Waals surface area contributed by atoms with Gasteiger partial charge in [0.05, 0.1) is 12.1 Å². The summed E-state index contributed by atoms with van der Waals surface area (Å²) in [6, 6.07) is 18.8. The van der Waals surface area contributed by atoms with Gasteiger partial charge in [0, 0.05) is 11.3 Å². The Bertz CT molecular complexity index is 1170. The van der Waals surface area contributed by atoms with Gasteiger partial charge in [-0.1, -0.05) is 54.1 Å². The number of nitrogens with one attached hydrogen (secondary N) is 1. The molecular formula is C24H18F2N2O2. The molecule has 0 unspecified atom stereocenters. The first-order valence-electron chi connectivity index (χ1n) is 9.37. The van der Waals surface area contributed by atoms with Crippen LogP contribution in [0.1, 0.15) is 16.7 Å². The maximum Gasteiger partial charge on any atom is 0.278 e. The van der Waals surface area contributed by atoms with E-state index in [0.717, 1.165) is 10.5 Å². The summed E-state index contributed by atoms with van der Waals surface area (Å²) < 4.78 is 27.8. The smallest absolute Gasteiger partial charge is 0.278 e. The van der Waals surface area contributed by atoms with Crippen molar-refractivity contribution in [1.29, 1.82) is 0 Å². The second-order valence-electron chi connectivity index (χ2n) is 7.04. The van der Waals surface area contributed by atoms with Gasteiger partial charge in [-0.25, -0.2) is 8.78 Å². The quantitative estimate of drug-likeness (QED) is 0.629. The number of rotatable bonds is 5. The largest absolute Gasteiger partial charge is 0.350 e. The molecule has 3 aromatic carbocycles. The summed E-state index contributed by atoms with van der Waals surface area (Å²) in [4.78, 5) is 27.3. The molecule has 30 heavy (non-hydrogen) atoms. The van der Waals surface area contributed by atoms with Crippen LogP contribution in [-0.4, -0.2) is 16.7 Å². The van der Waals surface area contributed by atoms with Gasteiger partial charge >= 0.3 is 0 Å². The number of carbonyl (C=O) groups excluding carboxylic acids is 2. The molecule has 1 aliphatic heterocycles. The van der Waals surface area contributed by atoms with Gasteiger partial charge in [-0.15, -0.1) is 0 Å². The summed E-state index contributed by atoms with van der Waals surface area (Å²) in [5.41, 5.74) is 2.32. The highest BCUT2D eigenvalue weighted by atomic mass is 19.1. The van der Waals surface area contributed by atoms with Crippen LogP contribution in [0.4, 0.5) is 14.5 Å². The summed E-state index contributed by atoms with van der Waals surface area (Å²) in [6.45, 7) is 1.71. The van der Waals surface area contributed by atoms with Gasteiger partial charge in [0.2, 0.25) is 0 Å². The van der Waals surface area contributed by atoms with Gasteiger partial charge < -0.3 is 5.32 Å². The number of hydrogen-bond acceptors (Lipinski definition) is 3. The van der Waals surface area contributed by atoms with Crippen LogP contribution >= 0.6 is 0 Å². The fourth-order valence-corrected chi connectivity index (χ4v) is 3.33. The molecule has 0 aromatic heterocycles. The SMILES string of the molecule is Cc1ccc(C2=C(Nc3cccc(F)c3)C(=O)N(Cc3ccccc3F)C2=O)cc1. The molecule has 0 saturated heterocycles. The topological polar surface area (TPSA) is 49.4 Å². The molecule has 150 valence electrons. The summed E-state index contributed by atoms with van der Waals surface area (Å²) >= 11 is 0. The minimum atomic E-state index is -0.594. The van der Waals surface area contributed by atoms with Crippen molar-refractivity contribution in [3.05, 3.63) is 107 Å². The van der Waals surface area contributed by atoms with E-state index in [1.54, 1.807) is 30.3 Å². The Kier molecular flexibility index (Phi) is 5.14. The van der Waals surface area contributed by atoms with Crippen LogP contribution < -0.4 is 5.32 Å². The summed E-state index contributed by atoms with van der Waals surface area (Å²) in [5.74, 6) is -2.10. The molecule has 4 nitrogen and oxygen atoms in total. The highest BCUT2D eigenvalue weighted by Crippen LogP contribution is 2.32. The minimum Gasteiger partial charge on any atom is -0.350 e. The van der Waals surface area contributed by atoms with Crippen LogP contribution in [0.15, 0.2) is 78.5 Å². The normalized spacial score (nSPS) is 13.9. The lowest BCUT2D eigenvalue weighted by atomic mass is 10.0. The van der Waals surface area contributed by atoms with E-state index in [4.69, 9.17) is 0 Å². The van der Waals surface area contributed by atoms with Crippen molar-refractivity contribution in [2.75, 3.05) is 5.32 Å². The Hall–Kier alpha value is -3.80. The maximum atomic E-state index is 14.1. The molecule has 0 aliphatic carbocycles. The third-order valence-corrected chi connectivity index (χ3v) is 4.89. The molecule has 0 atom stereocenters. The third kappa shape index (κ3) is 3.72. The van der Waals surface area contributed by atoms with Crippen molar-refractivity contribution < 1.29 is 18.4 Å². The summed E-state index contributed by atoms with van der Waals surface area (Å²) in [5, 5.41) is 2.89. The first-order chi connectivity index (χ1) is 14.4. The Morgan fingerprint density at radius 3 is 2.30 bits per heavy atom. The number of benzene rings is 3. The Balaban J connectivity index is 1.76. The fraction of sp³-hybridized carbons (Fsp3) is 0.0833. The number of anilines is 1. The highest BCUT2D eigenvalue weighted by Gasteiger charge is 2.39. The second kappa shape index (κ2) is 7.91. The highest BCUT2D eigenvalue weighted by molar-refractivity contribution is 6.36. The molecule has 1 N–H and O–H groups in total. The second-order valence-corrected chi connectivity index (χ2v) is 7.04. The average Bonchev–Trinajstić information content (AvgIpc) is 2.95. The van der Waals surface area contributed by atoms with Crippen molar-refractivity contribution >= 4 is 23.1 Å². The van der Waals surface area contributed by atoms with Gasteiger partial charge in [0.15, 0.2) is 0 Å². The molecule has 3 aromatic rings. The Morgan fingerprint density at radius 2 is 1.60 bits per heavy atom. The van der Waals surface area contributed by atoms with Gasteiger partial charge in [0.1, 0.15) is 17.3 Å².